The van der Waals surface area contributed by atoms with Crippen LogP contribution in [-0.2, 0) is 9.47 Å². The zero-order valence-electron chi connectivity index (χ0n) is 12.1. The molecule has 1 atom stereocenters. The standard InChI is InChI=1S/C14H25NO3/c1-6-16-14(17-7-2)9-15-11(4)13-8-10(3)18-12(13)5/h8,11,14-15H,6-7,9H2,1-5H3. The van der Waals surface area contributed by atoms with Crippen molar-refractivity contribution in [1.29, 1.82) is 0 Å². The highest BCUT2D eigenvalue weighted by Crippen LogP contribution is 2.21. The third-order valence-corrected chi connectivity index (χ3v) is 2.84. The highest BCUT2D eigenvalue weighted by molar-refractivity contribution is 5.23. The van der Waals surface area contributed by atoms with Crippen LogP contribution in [0.5, 0.6) is 0 Å². The summed E-state index contributed by atoms with van der Waals surface area (Å²) in [5.74, 6) is 1.92. The second-order valence-electron chi connectivity index (χ2n) is 4.34. The molecule has 0 fully saturated rings. The summed E-state index contributed by atoms with van der Waals surface area (Å²) in [7, 11) is 0. The van der Waals surface area contributed by atoms with Crippen molar-refractivity contribution in [3.63, 3.8) is 0 Å². The van der Waals surface area contributed by atoms with Gasteiger partial charge in [-0.05, 0) is 40.7 Å². The SMILES string of the molecule is CCOC(CNC(C)c1cc(C)oc1C)OCC. The number of aryl methyl sites for hydroxylation is 2. The van der Waals surface area contributed by atoms with Crippen molar-refractivity contribution in [3.05, 3.63) is 23.2 Å². The van der Waals surface area contributed by atoms with Gasteiger partial charge in [0.1, 0.15) is 11.5 Å². The number of ether oxygens (including phenoxy) is 2. The number of hydrogen-bond donors (Lipinski definition) is 1. The molecule has 1 heterocycles. The van der Waals surface area contributed by atoms with Crippen LogP contribution in [0.15, 0.2) is 10.5 Å². The number of hydrogen-bond acceptors (Lipinski definition) is 4. The minimum absolute atomic E-state index is 0.184. The Morgan fingerprint density at radius 3 is 2.28 bits per heavy atom. The van der Waals surface area contributed by atoms with E-state index in [-0.39, 0.29) is 12.3 Å². The molecular formula is C14H25NO3. The highest BCUT2D eigenvalue weighted by Gasteiger charge is 2.15. The molecule has 0 aliphatic heterocycles. The molecule has 0 saturated carbocycles. The van der Waals surface area contributed by atoms with Crippen molar-refractivity contribution < 1.29 is 13.9 Å². The van der Waals surface area contributed by atoms with Crippen LogP contribution in [-0.4, -0.2) is 26.0 Å². The molecule has 0 aromatic carbocycles. The van der Waals surface area contributed by atoms with Gasteiger partial charge < -0.3 is 19.2 Å². The maximum absolute atomic E-state index is 5.53. The van der Waals surface area contributed by atoms with E-state index < -0.39 is 0 Å². The van der Waals surface area contributed by atoms with Gasteiger partial charge in [0.2, 0.25) is 0 Å². The molecule has 1 unspecified atom stereocenters. The molecule has 0 aliphatic rings. The normalized spacial score (nSPS) is 13.2. The lowest BCUT2D eigenvalue weighted by Gasteiger charge is -2.20. The molecule has 4 nitrogen and oxygen atoms in total. The average molecular weight is 255 g/mol. The van der Waals surface area contributed by atoms with Crippen molar-refractivity contribution >= 4 is 0 Å². The molecule has 1 aromatic rings. The van der Waals surface area contributed by atoms with Crippen LogP contribution in [0.25, 0.3) is 0 Å². The molecule has 18 heavy (non-hydrogen) atoms. The fourth-order valence-corrected chi connectivity index (χ4v) is 2.00. The number of rotatable bonds is 8. The highest BCUT2D eigenvalue weighted by atomic mass is 16.7. The lowest BCUT2D eigenvalue weighted by Crippen LogP contribution is -2.33. The molecular weight excluding hydrogens is 230 g/mol. The van der Waals surface area contributed by atoms with E-state index in [4.69, 9.17) is 13.9 Å². The summed E-state index contributed by atoms with van der Waals surface area (Å²) >= 11 is 0. The minimum Gasteiger partial charge on any atom is -0.466 e. The van der Waals surface area contributed by atoms with E-state index in [1.165, 1.54) is 5.56 Å². The molecule has 0 spiro atoms. The number of nitrogens with one attached hydrogen (secondary N) is 1. The Labute approximate surface area is 110 Å². The van der Waals surface area contributed by atoms with Gasteiger partial charge in [0.25, 0.3) is 0 Å². The molecule has 4 heteroatoms. The Hall–Kier alpha value is -0.840. The molecule has 0 amide bonds. The van der Waals surface area contributed by atoms with Gasteiger partial charge in [0, 0.05) is 31.4 Å². The zero-order valence-corrected chi connectivity index (χ0v) is 12.1. The van der Waals surface area contributed by atoms with E-state index in [1.54, 1.807) is 0 Å². The first kappa shape index (κ1) is 15.2. The van der Waals surface area contributed by atoms with Gasteiger partial charge in [-0.1, -0.05) is 0 Å². The van der Waals surface area contributed by atoms with Gasteiger partial charge >= 0.3 is 0 Å². The predicted octanol–water partition coefficient (Wildman–Crippen LogP) is 2.95. The summed E-state index contributed by atoms with van der Waals surface area (Å²) in [5.41, 5.74) is 1.19. The number of furan rings is 1. The minimum atomic E-state index is -0.184. The Bertz CT molecular complexity index is 343. The molecule has 1 N–H and O–H groups in total. The van der Waals surface area contributed by atoms with Crippen molar-refractivity contribution in [3.8, 4) is 0 Å². The van der Waals surface area contributed by atoms with E-state index in [0.29, 0.717) is 19.8 Å². The fourth-order valence-electron chi connectivity index (χ4n) is 2.00. The molecule has 1 rings (SSSR count). The van der Waals surface area contributed by atoms with E-state index in [1.807, 2.05) is 27.7 Å². The van der Waals surface area contributed by atoms with Gasteiger partial charge in [0.05, 0.1) is 0 Å². The molecule has 0 bridgehead atoms. The molecule has 0 saturated heterocycles. The lowest BCUT2D eigenvalue weighted by atomic mass is 10.1. The average Bonchev–Trinajstić information content (AvgIpc) is 2.65. The van der Waals surface area contributed by atoms with Gasteiger partial charge in [-0.3, -0.25) is 0 Å². The third kappa shape index (κ3) is 4.44. The summed E-state index contributed by atoms with van der Waals surface area (Å²) in [6, 6.07) is 2.30. The van der Waals surface area contributed by atoms with Crippen LogP contribution in [0.2, 0.25) is 0 Å². The Balaban J connectivity index is 2.48. The topological polar surface area (TPSA) is 43.6 Å². The van der Waals surface area contributed by atoms with Crippen molar-refractivity contribution in [2.75, 3.05) is 19.8 Å². The first-order valence-electron chi connectivity index (χ1n) is 6.62. The van der Waals surface area contributed by atoms with Crippen LogP contribution in [0.4, 0.5) is 0 Å². The van der Waals surface area contributed by atoms with Crippen molar-refractivity contribution in [2.45, 2.75) is 47.0 Å². The lowest BCUT2D eigenvalue weighted by molar-refractivity contribution is -0.133. The summed E-state index contributed by atoms with van der Waals surface area (Å²) in [5, 5.41) is 3.41. The predicted molar refractivity (Wildman–Crippen MR) is 71.6 cm³/mol. The third-order valence-electron chi connectivity index (χ3n) is 2.84. The maximum atomic E-state index is 5.53. The van der Waals surface area contributed by atoms with Crippen LogP contribution >= 0.6 is 0 Å². The Kier molecular flexibility index (Phi) is 6.39. The van der Waals surface area contributed by atoms with E-state index in [0.717, 1.165) is 11.5 Å². The summed E-state index contributed by atoms with van der Waals surface area (Å²) < 4.78 is 16.5. The van der Waals surface area contributed by atoms with Gasteiger partial charge in [-0.15, -0.1) is 0 Å². The van der Waals surface area contributed by atoms with Gasteiger partial charge in [-0.2, -0.15) is 0 Å². The summed E-state index contributed by atoms with van der Waals surface area (Å²) in [6.07, 6.45) is -0.184. The zero-order chi connectivity index (χ0) is 13.5. The van der Waals surface area contributed by atoms with Crippen molar-refractivity contribution in [2.24, 2.45) is 0 Å². The van der Waals surface area contributed by atoms with Gasteiger partial charge in [0.15, 0.2) is 6.29 Å². The smallest absolute Gasteiger partial charge is 0.169 e. The molecule has 104 valence electrons. The van der Waals surface area contributed by atoms with Crippen molar-refractivity contribution in [1.82, 2.24) is 5.32 Å². The second kappa shape index (κ2) is 7.56. The first-order valence-corrected chi connectivity index (χ1v) is 6.62. The monoisotopic (exact) mass is 255 g/mol. The van der Waals surface area contributed by atoms with Crippen LogP contribution < -0.4 is 5.32 Å². The van der Waals surface area contributed by atoms with E-state index in [9.17, 15) is 0 Å². The quantitative estimate of drug-likeness (QED) is 0.725. The first-order chi connectivity index (χ1) is 8.58. The summed E-state index contributed by atoms with van der Waals surface area (Å²) in [4.78, 5) is 0. The molecule has 1 aromatic heterocycles. The molecule has 0 radical (unpaired) electrons. The Morgan fingerprint density at radius 2 is 1.83 bits per heavy atom. The second-order valence-corrected chi connectivity index (χ2v) is 4.34. The largest absolute Gasteiger partial charge is 0.466 e. The van der Waals surface area contributed by atoms with Crippen LogP contribution in [0.1, 0.15) is 43.9 Å². The van der Waals surface area contributed by atoms with E-state index >= 15 is 0 Å². The van der Waals surface area contributed by atoms with E-state index in [2.05, 4.69) is 18.3 Å². The Morgan fingerprint density at radius 1 is 1.22 bits per heavy atom. The maximum Gasteiger partial charge on any atom is 0.169 e. The van der Waals surface area contributed by atoms with Crippen LogP contribution in [0.3, 0.4) is 0 Å². The fraction of sp³-hybridized carbons (Fsp3) is 0.714. The van der Waals surface area contributed by atoms with Gasteiger partial charge in [-0.25, -0.2) is 0 Å². The summed E-state index contributed by atoms with van der Waals surface area (Å²) in [6.45, 7) is 12.0. The van der Waals surface area contributed by atoms with Crippen LogP contribution in [0, 0.1) is 13.8 Å². The molecule has 0 aliphatic carbocycles.